The molecule has 0 aliphatic rings. The van der Waals surface area contributed by atoms with Gasteiger partial charge >= 0.3 is 0 Å². The van der Waals surface area contributed by atoms with E-state index >= 15 is 0 Å². The average molecular weight is 194 g/mol. The molecule has 0 spiro atoms. The van der Waals surface area contributed by atoms with Crippen LogP contribution in [0.4, 0.5) is 4.39 Å². The number of fused-ring (bicyclic) bond motifs is 1. The molecule has 0 aliphatic heterocycles. The minimum Gasteiger partial charge on any atom is -0.344 e. The van der Waals surface area contributed by atoms with Crippen molar-refractivity contribution in [1.29, 1.82) is 0 Å². The van der Waals surface area contributed by atoms with Crippen LogP contribution < -0.4 is 11.3 Å². The number of hydrazine groups is 1. The Morgan fingerprint density at radius 3 is 3.07 bits per heavy atom. The Kier molecular flexibility index (Phi) is 1.90. The number of nitrogens with zero attached hydrogens (tertiary/aromatic N) is 1. The number of hydrogen-bond acceptors (Lipinski definition) is 3. The van der Waals surface area contributed by atoms with Crippen LogP contribution in [0.3, 0.4) is 0 Å². The number of benzene rings is 1. The number of nitrogens with two attached hydrogens (primary N) is 1. The standard InChI is InChI=1S/C8H7FN4O/c9-5-2-1-4(8(14)13-10)6-7(5)12-3-11-6/h1-3H,10H2,(H,11,12)(H,13,14). The molecule has 72 valence electrons. The molecule has 2 aromatic rings. The van der Waals surface area contributed by atoms with Gasteiger partial charge in [-0.1, -0.05) is 0 Å². The van der Waals surface area contributed by atoms with Crippen molar-refractivity contribution >= 4 is 16.9 Å². The van der Waals surface area contributed by atoms with E-state index in [9.17, 15) is 9.18 Å². The van der Waals surface area contributed by atoms with Crippen LogP contribution in [0.25, 0.3) is 11.0 Å². The van der Waals surface area contributed by atoms with Crippen LogP contribution >= 0.6 is 0 Å². The van der Waals surface area contributed by atoms with E-state index < -0.39 is 11.7 Å². The van der Waals surface area contributed by atoms with Gasteiger partial charge < -0.3 is 4.98 Å². The van der Waals surface area contributed by atoms with Crippen molar-refractivity contribution in [2.75, 3.05) is 0 Å². The molecule has 14 heavy (non-hydrogen) atoms. The minimum absolute atomic E-state index is 0.131. The van der Waals surface area contributed by atoms with Crippen molar-refractivity contribution < 1.29 is 9.18 Å². The number of hydrogen-bond donors (Lipinski definition) is 3. The van der Waals surface area contributed by atoms with Crippen molar-refractivity contribution in [3.63, 3.8) is 0 Å². The van der Waals surface area contributed by atoms with E-state index in [-0.39, 0.29) is 11.1 Å². The maximum Gasteiger partial charge on any atom is 0.267 e. The number of nitrogens with one attached hydrogen (secondary N) is 2. The number of carbonyl (C=O) groups excluding carboxylic acids is 1. The Balaban J connectivity index is 2.72. The van der Waals surface area contributed by atoms with Crippen LogP contribution in [0, 0.1) is 5.82 Å². The highest BCUT2D eigenvalue weighted by Gasteiger charge is 2.12. The van der Waals surface area contributed by atoms with Gasteiger partial charge in [0.25, 0.3) is 5.91 Å². The number of H-pyrrole nitrogens is 1. The van der Waals surface area contributed by atoms with E-state index in [0.717, 1.165) is 0 Å². The molecule has 0 bridgehead atoms. The number of halogens is 1. The lowest BCUT2D eigenvalue weighted by molar-refractivity contribution is 0.0955. The topological polar surface area (TPSA) is 83.8 Å². The predicted molar refractivity (Wildman–Crippen MR) is 47.7 cm³/mol. The molecule has 0 radical (unpaired) electrons. The van der Waals surface area contributed by atoms with E-state index in [1.54, 1.807) is 0 Å². The van der Waals surface area contributed by atoms with Crippen LogP contribution in [0.1, 0.15) is 10.4 Å². The van der Waals surface area contributed by atoms with Gasteiger partial charge in [-0.3, -0.25) is 10.2 Å². The lowest BCUT2D eigenvalue weighted by Crippen LogP contribution is -2.30. The van der Waals surface area contributed by atoms with Crippen molar-refractivity contribution in [2.24, 2.45) is 5.84 Å². The number of carbonyl (C=O) groups is 1. The summed E-state index contributed by atoms with van der Waals surface area (Å²) in [6.45, 7) is 0. The zero-order valence-corrected chi connectivity index (χ0v) is 7.04. The summed E-state index contributed by atoms with van der Waals surface area (Å²) in [4.78, 5) is 17.7. The highest BCUT2D eigenvalue weighted by molar-refractivity contribution is 6.04. The fourth-order valence-corrected chi connectivity index (χ4v) is 1.27. The Labute approximate surface area is 78.1 Å². The summed E-state index contributed by atoms with van der Waals surface area (Å²) in [6.07, 6.45) is 1.32. The van der Waals surface area contributed by atoms with Crippen molar-refractivity contribution in [2.45, 2.75) is 0 Å². The summed E-state index contributed by atoms with van der Waals surface area (Å²) in [5.41, 5.74) is 2.71. The molecule has 0 saturated heterocycles. The largest absolute Gasteiger partial charge is 0.344 e. The van der Waals surface area contributed by atoms with E-state index in [2.05, 4.69) is 9.97 Å². The fraction of sp³-hybridized carbons (Fsp3) is 0. The van der Waals surface area contributed by atoms with Gasteiger partial charge in [-0.2, -0.15) is 0 Å². The maximum absolute atomic E-state index is 13.1. The number of amides is 1. The highest BCUT2D eigenvalue weighted by Crippen LogP contribution is 2.17. The molecule has 5 nitrogen and oxygen atoms in total. The summed E-state index contributed by atoms with van der Waals surface area (Å²) in [6, 6.07) is 2.52. The molecule has 1 aromatic carbocycles. The number of imidazole rings is 1. The van der Waals surface area contributed by atoms with Crippen LogP contribution in [0.5, 0.6) is 0 Å². The summed E-state index contributed by atoms with van der Waals surface area (Å²) in [5, 5.41) is 0. The molecular weight excluding hydrogens is 187 g/mol. The van der Waals surface area contributed by atoms with Gasteiger partial charge in [0.1, 0.15) is 5.52 Å². The Hall–Kier alpha value is -1.95. The second kappa shape index (κ2) is 3.08. The Bertz CT molecular complexity index is 493. The first-order chi connectivity index (χ1) is 6.74. The van der Waals surface area contributed by atoms with Gasteiger partial charge in [0.15, 0.2) is 5.82 Å². The SMILES string of the molecule is NNC(=O)c1ccc(F)c2nc[nH]c12. The zero-order chi connectivity index (χ0) is 10.1. The molecule has 4 N–H and O–H groups in total. The third kappa shape index (κ3) is 1.12. The minimum atomic E-state index is -0.487. The highest BCUT2D eigenvalue weighted by atomic mass is 19.1. The lowest BCUT2D eigenvalue weighted by atomic mass is 10.1. The van der Waals surface area contributed by atoms with Crippen LogP contribution in [0.2, 0.25) is 0 Å². The molecule has 0 aliphatic carbocycles. The average Bonchev–Trinajstić information content (AvgIpc) is 2.67. The van der Waals surface area contributed by atoms with Crippen LogP contribution in [-0.2, 0) is 0 Å². The summed E-state index contributed by atoms with van der Waals surface area (Å²) in [5.74, 6) is 4.01. The molecule has 0 fully saturated rings. The molecule has 6 heteroatoms. The van der Waals surface area contributed by atoms with Gasteiger partial charge in [0, 0.05) is 0 Å². The normalized spacial score (nSPS) is 10.4. The second-order valence-corrected chi connectivity index (χ2v) is 2.69. The fourth-order valence-electron chi connectivity index (χ4n) is 1.27. The molecule has 2 rings (SSSR count). The quantitative estimate of drug-likeness (QED) is 0.347. The lowest BCUT2D eigenvalue weighted by Gasteiger charge is -2.00. The van der Waals surface area contributed by atoms with E-state index in [1.165, 1.54) is 18.5 Å². The predicted octanol–water partition coefficient (Wildman–Crippen LogP) is 0.305. The van der Waals surface area contributed by atoms with Gasteiger partial charge in [0.2, 0.25) is 0 Å². The monoisotopic (exact) mass is 194 g/mol. The zero-order valence-electron chi connectivity index (χ0n) is 7.04. The summed E-state index contributed by atoms with van der Waals surface area (Å²) >= 11 is 0. The molecule has 1 heterocycles. The number of aromatic amines is 1. The maximum atomic E-state index is 13.1. The Morgan fingerprint density at radius 1 is 1.57 bits per heavy atom. The molecule has 0 saturated carbocycles. The molecule has 0 unspecified atom stereocenters. The summed E-state index contributed by atoms with van der Waals surface area (Å²) in [7, 11) is 0. The second-order valence-electron chi connectivity index (χ2n) is 2.69. The van der Waals surface area contributed by atoms with Crippen LogP contribution in [0.15, 0.2) is 18.5 Å². The first-order valence-electron chi connectivity index (χ1n) is 3.86. The van der Waals surface area contributed by atoms with Crippen molar-refractivity contribution in [1.82, 2.24) is 15.4 Å². The first-order valence-corrected chi connectivity index (χ1v) is 3.86. The van der Waals surface area contributed by atoms with Gasteiger partial charge in [-0.25, -0.2) is 15.2 Å². The third-order valence-corrected chi connectivity index (χ3v) is 1.91. The molecule has 1 amide bonds. The third-order valence-electron chi connectivity index (χ3n) is 1.91. The molecular formula is C8H7FN4O. The Morgan fingerprint density at radius 2 is 2.36 bits per heavy atom. The smallest absolute Gasteiger partial charge is 0.267 e. The number of rotatable bonds is 1. The van der Waals surface area contributed by atoms with Crippen molar-refractivity contribution in [3.05, 3.63) is 29.8 Å². The van der Waals surface area contributed by atoms with Gasteiger partial charge in [0.05, 0.1) is 17.4 Å². The van der Waals surface area contributed by atoms with Gasteiger partial charge in [-0.05, 0) is 12.1 Å². The first kappa shape index (κ1) is 8.64. The van der Waals surface area contributed by atoms with E-state index in [1.807, 2.05) is 5.43 Å². The van der Waals surface area contributed by atoms with E-state index in [0.29, 0.717) is 5.52 Å². The molecule has 1 aromatic heterocycles. The summed E-state index contributed by atoms with van der Waals surface area (Å²) < 4.78 is 13.1. The number of aromatic nitrogens is 2. The van der Waals surface area contributed by atoms with E-state index in [4.69, 9.17) is 5.84 Å². The van der Waals surface area contributed by atoms with Crippen LogP contribution in [-0.4, -0.2) is 15.9 Å². The van der Waals surface area contributed by atoms with Crippen molar-refractivity contribution in [3.8, 4) is 0 Å². The molecule has 0 atom stereocenters. The van der Waals surface area contributed by atoms with Gasteiger partial charge in [-0.15, -0.1) is 0 Å². The number of nitrogen functional groups attached to an aromatic ring is 1.